The Hall–Kier alpha value is -1.31. The van der Waals surface area contributed by atoms with Crippen molar-refractivity contribution in [3.8, 4) is 0 Å². The van der Waals surface area contributed by atoms with Crippen molar-refractivity contribution in [2.75, 3.05) is 0 Å². The largest absolute Gasteiger partial charge is 0.411 e. The standard InChI is InChI=1S/C12H17NO/c1-10(13-14)9-12(2,3)11-7-5-4-6-8-11/h4-8,14H,9H2,1-3H3. The molecule has 2 nitrogen and oxygen atoms in total. The summed E-state index contributed by atoms with van der Waals surface area (Å²) < 4.78 is 0. The SMILES string of the molecule is CC(CC(C)(C)c1ccccc1)=NO. The molecule has 0 spiro atoms. The van der Waals surface area contributed by atoms with Gasteiger partial charge in [-0.25, -0.2) is 0 Å². The molecule has 1 aromatic rings. The highest BCUT2D eigenvalue weighted by molar-refractivity contribution is 5.82. The molecule has 0 amide bonds. The molecule has 14 heavy (non-hydrogen) atoms. The molecule has 0 aliphatic rings. The summed E-state index contributed by atoms with van der Waals surface area (Å²) in [5.74, 6) is 0. The van der Waals surface area contributed by atoms with E-state index >= 15 is 0 Å². The van der Waals surface area contributed by atoms with Crippen molar-refractivity contribution in [3.05, 3.63) is 35.9 Å². The van der Waals surface area contributed by atoms with Gasteiger partial charge in [0.1, 0.15) is 0 Å². The summed E-state index contributed by atoms with van der Waals surface area (Å²) in [6.45, 7) is 6.14. The minimum atomic E-state index is 0.0254. The van der Waals surface area contributed by atoms with Crippen LogP contribution < -0.4 is 0 Å². The monoisotopic (exact) mass is 191 g/mol. The Balaban J connectivity index is 2.86. The number of rotatable bonds is 3. The van der Waals surface area contributed by atoms with Crippen LogP contribution in [0.25, 0.3) is 0 Å². The molecule has 0 radical (unpaired) electrons. The lowest BCUT2D eigenvalue weighted by Gasteiger charge is -2.24. The number of nitrogens with zero attached hydrogens (tertiary/aromatic N) is 1. The van der Waals surface area contributed by atoms with Crippen LogP contribution in [0.1, 0.15) is 32.8 Å². The van der Waals surface area contributed by atoms with Gasteiger partial charge in [0.25, 0.3) is 0 Å². The maximum atomic E-state index is 8.63. The van der Waals surface area contributed by atoms with Crippen LogP contribution in [0.15, 0.2) is 35.5 Å². The van der Waals surface area contributed by atoms with Crippen LogP contribution in [0.3, 0.4) is 0 Å². The molecule has 0 bridgehead atoms. The van der Waals surface area contributed by atoms with Crippen molar-refractivity contribution >= 4 is 5.71 Å². The van der Waals surface area contributed by atoms with Gasteiger partial charge in [-0.15, -0.1) is 0 Å². The lowest BCUT2D eigenvalue weighted by molar-refractivity contribution is 0.315. The highest BCUT2D eigenvalue weighted by Crippen LogP contribution is 2.26. The minimum Gasteiger partial charge on any atom is -0.411 e. The zero-order chi connectivity index (χ0) is 10.6. The number of hydrogen-bond donors (Lipinski definition) is 1. The topological polar surface area (TPSA) is 32.6 Å². The van der Waals surface area contributed by atoms with Gasteiger partial charge in [-0.05, 0) is 24.3 Å². The molecule has 0 aliphatic carbocycles. The maximum Gasteiger partial charge on any atom is 0.0548 e. The molecule has 0 fully saturated rings. The molecule has 1 rings (SSSR count). The minimum absolute atomic E-state index is 0.0254. The lowest BCUT2D eigenvalue weighted by atomic mass is 9.80. The van der Waals surface area contributed by atoms with Crippen molar-refractivity contribution in [3.63, 3.8) is 0 Å². The van der Waals surface area contributed by atoms with E-state index in [0.29, 0.717) is 0 Å². The first-order valence-electron chi connectivity index (χ1n) is 4.79. The van der Waals surface area contributed by atoms with E-state index in [-0.39, 0.29) is 5.41 Å². The zero-order valence-electron chi connectivity index (χ0n) is 8.99. The lowest BCUT2D eigenvalue weighted by Crippen LogP contribution is -2.20. The molecular weight excluding hydrogens is 174 g/mol. The van der Waals surface area contributed by atoms with Crippen molar-refractivity contribution < 1.29 is 5.21 Å². The maximum absolute atomic E-state index is 8.63. The highest BCUT2D eigenvalue weighted by atomic mass is 16.4. The first-order chi connectivity index (χ1) is 6.56. The summed E-state index contributed by atoms with van der Waals surface area (Å²) in [5, 5.41) is 11.8. The molecular formula is C12H17NO. The van der Waals surface area contributed by atoms with E-state index in [1.165, 1.54) is 5.56 Å². The van der Waals surface area contributed by atoms with E-state index in [1.54, 1.807) is 0 Å². The Morgan fingerprint density at radius 1 is 1.29 bits per heavy atom. The summed E-state index contributed by atoms with van der Waals surface area (Å²) in [7, 11) is 0. The third-order valence-corrected chi connectivity index (χ3v) is 2.42. The summed E-state index contributed by atoms with van der Waals surface area (Å²) in [5.41, 5.74) is 2.05. The number of hydrogen-bond acceptors (Lipinski definition) is 2. The number of benzene rings is 1. The van der Waals surface area contributed by atoms with Crippen LogP contribution in [-0.2, 0) is 5.41 Å². The first kappa shape index (κ1) is 10.8. The fourth-order valence-corrected chi connectivity index (χ4v) is 1.67. The molecule has 0 aliphatic heterocycles. The third kappa shape index (κ3) is 2.59. The van der Waals surface area contributed by atoms with Crippen LogP contribution in [0.2, 0.25) is 0 Å². The van der Waals surface area contributed by atoms with E-state index < -0.39 is 0 Å². The van der Waals surface area contributed by atoms with Crippen LogP contribution in [-0.4, -0.2) is 10.9 Å². The zero-order valence-corrected chi connectivity index (χ0v) is 8.99. The summed E-state index contributed by atoms with van der Waals surface area (Å²) in [6.07, 6.45) is 0.771. The van der Waals surface area contributed by atoms with Gasteiger partial charge in [0.15, 0.2) is 0 Å². The molecule has 2 heteroatoms. The van der Waals surface area contributed by atoms with Crippen LogP contribution >= 0.6 is 0 Å². The second-order valence-electron chi connectivity index (χ2n) is 4.26. The average Bonchev–Trinajstić information content (AvgIpc) is 2.18. The van der Waals surface area contributed by atoms with Crippen LogP contribution in [0.5, 0.6) is 0 Å². The second-order valence-corrected chi connectivity index (χ2v) is 4.26. The van der Waals surface area contributed by atoms with E-state index in [0.717, 1.165) is 12.1 Å². The smallest absolute Gasteiger partial charge is 0.0548 e. The van der Waals surface area contributed by atoms with Crippen LogP contribution in [0, 0.1) is 0 Å². The Kier molecular flexibility index (Phi) is 3.28. The third-order valence-electron chi connectivity index (χ3n) is 2.42. The van der Waals surface area contributed by atoms with Gasteiger partial charge >= 0.3 is 0 Å². The van der Waals surface area contributed by atoms with Gasteiger partial charge in [-0.1, -0.05) is 49.3 Å². The van der Waals surface area contributed by atoms with E-state index in [1.807, 2.05) is 25.1 Å². The quantitative estimate of drug-likeness (QED) is 0.444. The molecule has 76 valence electrons. The summed E-state index contributed by atoms with van der Waals surface area (Å²) in [6, 6.07) is 10.3. The van der Waals surface area contributed by atoms with Crippen LogP contribution in [0.4, 0.5) is 0 Å². The van der Waals surface area contributed by atoms with E-state index in [9.17, 15) is 0 Å². The Morgan fingerprint density at radius 2 is 1.86 bits per heavy atom. The molecule has 0 heterocycles. The van der Waals surface area contributed by atoms with Gasteiger partial charge in [-0.3, -0.25) is 0 Å². The fourth-order valence-electron chi connectivity index (χ4n) is 1.67. The Morgan fingerprint density at radius 3 is 2.36 bits per heavy atom. The molecule has 0 saturated carbocycles. The van der Waals surface area contributed by atoms with Gasteiger partial charge in [0.05, 0.1) is 5.71 Å². The van der Waals surface area contributed by atoms with Crippen molar-refractivity contribution in [1.82, 2.24) is 0 Å². The molecule has 0 aromatic heterocycles. The van der Waals surface area contributed by atoms with E-state index in [4.69, 9.17) is 5.21 Å². The first-order valence-corrected chi connectivity index (χ1v) is 4.79. The second kappa shape index (κ2) is 4.27. The molecule has 1 N–H and O–H groups in total. The fraction of sp³-hybridized carbons (Fsp3) is 0.417. The van der Waals surface area contributed by atoms with Crippen molar-refractivity contribution in [2.24, 2.45) is 5.16 Å². The van der Waals surface area contributed by atoms with Gasteiger partial charge < -0.3 is 5.21 Å². The number of oxime groups is 1. The van der Waals surface area contributed by atoms with Gasteiger partial charge in [-0.2, -0.15) is 0 Å². The summed E-state index contributed by atoms with van der Waals surface area (Å²) in [4.78, 5) is 0. The van der Waals surface area contributed by atoms with E-state index in [2.05, 4.69) is 31.1 Å². The predicted molar refractivity (Wildman–Crippen MR) is 59.0 cm³/mol. The van der Waals surface area contributed by atoms with Gasteiger partial charge in [0.2, 0.25) is 0 Å². The molecule has 1 aromatic carbocycles. The normalized spacial score (nSPS) is 12.9. The molecule has 0 saturated heterocycles. The Bertz CT molecular complexity index is 314. The highest BCUT2D eigenvalue weighted by Gasteiger charge is 2.21. The summed E-state index contributed by atoms with van der Waals surface area (Å²) >= 11 is 0. The van der Waals surface area contributed by atoms with Crippen molar-refractivity contribution in [2.45, 2.75) is 32.6 Å². The average molecular weight is 191 g/mol. The molecule has 0 unspecified atom stereocenters. The van der Waals surface area contributed by atoms with Crippen molar-refractivity contribution in [1.29, 1.82) is 0 Å². The predicted octanol–water partition coefficient (Wildman–Crippen LogP) is 3.20. The van der Waals surface area contributed by atoms with Gasteiger partial charge in [0, 0.05) is 0 Å². The molecule has 0 atom stereocenters. The Labute approximate surface area is 85.3 Å².